The van der Waals surface area contributed by atoms with Crippen molar-refractivity contribution in [1.29, 1.82) is 0 Å². The van der Waals surface area contributed by atoms with E-state index in [1.807, 2.05) is 13.0 Å². The first-order valence-electron chi connectivity index (χ1n) is 6.79. The van der Waals surface area contributed by atoms with Crippen molar-refractivity contribution in [3.8, 4) is 0 Å². The molecule has 114 valence electrons. The van der Waals surface area contributed by atoms with Crippen LogP contribution in [0, 0.1) is 12.7 Å². The summed E-state index contributed by atoms with van der Waals surface area (Å²) in [7, 11) is 0. The Morgan fingerprint density at radius 1 is 1.14 bits per heavy atom. The predicted octanol–water partition coefficient (Wildman–Crippen LogP) is 2.61. The number of halogens is 1. The number of ether oxygens (including phenoxy) is 1. The largest absolute Gasteiger partial charge is 0.460 e. The first-order valence-corrected chi connectivity index (χ1v) is 6.79. The number of carbonyl (C=O) groups is 2. The number of amides is 1. The van der Waals surface area contributed by atoms with Crippen molar-refractivity contribution in [3.63, 3.8) is 0 Å². The Bertz CT molecular complexity index is 685. The van der Waals surface area contributed by atoms with E-state index < -0.39 is 5.97 Å². The highest BCUT2D eigenvalue weighted by atomic mass is 19.1. The third-order valence-electron chi connectivity index (χ3n) is 2.96. The van der Waals surface area contributed by atoms with Crippen molar-refractivity contribution >= 4 is 11.9 Å². The van der Waals surface area contributed by atoms with Gasteiger partial charge in [0, 0.05) is 5.56 Å². The lowest BCUT2D eigenvalue weighted by Gasteiger charge is -2.07. The topological polar surface area (TPSA) is 55.4 Å². The molecule has 0 aliphatic carbocycles. The molecule has 5 heteroatoms. The first-order chi connectivity index (χ1) is 10.5. The molecule has 2 aromatic rings. The van der Waals surface area contributed by atoms with Crippen LogP contribution in [-0.4, -0.2) is 18.4 Å². The number of esters is 1. The molecular formula is C17H16FNO3. The summed E-state index contributed by atoms with van der Waals surface area (Å²) in [5.74, 6) is -1.31. The highest BCUT2D eigenvalue weighted by Gasteiger charge is 2.09. The summed E-state index contributed by atoms with van der Waals surface area (Å²) in [5, 5.41) is 2.49. The zero-order valence-corrected chi connectivity index (χ0v) is 12.1. The molecule has 0 unspecified atom stereocenters. The van der Waals surface area contributed by atoms with Crippen molar-refractivity contribution < 1.29 is 18.7 Å². The molecule has 22 heavy (non-hydrogen) atoms. The number of aryl methyl sites for hydroxylation is 1. The van der Waals surface area contributed by atoms with Gasteiger partial charge in [-0.1, -0.05) is 29.8 Å². The van der Waals surface area contributed by atoms with Gasteiger partial charge in [-0.25, -0.2) is 4.39 Å². The van der Waals surface area contributed by atoms with Crippen molar-refractivity contribution in [2.45, 2.75) is 13.5 Å². The fourth-order valence-electron chi connectivity index (χ4n) is 1.88. The van der Waals surface area contributed by atoms with Gasteiger partial charge in [0.25, 0.3) is 5.91 Å². The van der Waals surface area contributed by atoms with Gasteiger partial charge in [-0.05, 0) is 36.8 Å². The highest BCUT2D eigenvalue weighted by molar-refractivity contribution is 5.96. The smallest absolute Gasteiger partial charge is 0.325 e. The van der Waals surface area contributed by atoms with Gasteiger partial charge in [-0.3, -0.25) is 9.59 Å². The average molecular weight is 301 g/mol. The fraction of sp³-hybridized carbons (Fsp3) is 0.176. The van der Waals surface area contributed by atoms with Gasteiger partial charge in [0.05, 0.1) is 0 Å². The van der Waals surface area contributed by atoms with E-state index in [1.54, 1.807) is 24.3 Å². The van der Waals surface area contributed by atoms with E-state index in [0.717, 1.165) is 5.56 Å². The lowest BCUT2D eigenvalue weighted by molar-refractivity contribution is -0.143. The van der Waals surface area contributed by atoms with Crippen molar-refractivity contribution in [2.24, 2.45) is 0 Å². The van der Waals surface area contributed by atoms with Crippen LogP contribution < -0.4 is 5.32 Å². The molecule has 0 aliphatic heterocycles. The van der Waals surface area contributed by atoms with E-state index in [-0.39, 0.29) is 24.9 Å². The Morgan fingerprint density at radius 3 is 2.64 bits per heavy atom. The maximum Gasteiger partial charge on any atom is 0.325 e. The van der Waals surface area contributed by atoms with Crippen LogP contribution in [0.2, 0.25) is 0 Å². The van der Waals surface area contributed by atoms with Crippen molar-refractivity contribution in [1.82, 2.24) is 5.32 Å². The minimum Gasteiger partial charge on any atom is -0.460 e. The summed E-state index contributed by atoms with van der Waals surface area (Å²) in [6, 6.07) is 12.8. The fourth-order valence-corrected chi connectivity index (χ4v) is 1.88. The first kappa shape index (κ1) is 15.7. The summed E-state index contributed by atoms with van der Waals surface area (Å²) >= 11 is 0. The molecule has 0 spiro atoms. The van der Waals surface area contributed by atoms with Crippen LogP contribution in [0.1, 0.15) is 21.5 Å². The molecular weight excluding hydrogens is 285 g/mol. The molecule has 4 nitrogen and oxygen atoms in total. The summed E-state index contributed by atoms with van der Waals surface area (Å²) in [6.45, 7) is 1.61. The Morgan fingerprint density at radius 2 is 1.91 bits per heavy atom. The summed E-state index contributed by atoms with van der Waals surface area (Å²) < 4.78 is 17.9. The zero-order chi connectivity index (χ0) is 15.9. The Kier molecular flexibility index (Phi) is 5.25. The van der Waals surface area contributed by atoms with Crippen LogP contribution in [0.5, 0.6) is 0 Å². The summed E-state index contributed by atoms with van der Waals surface area (Å²) in [4.78, 5) is 23.4. The lowest BCUT2D eigenvalue weighted by atomic mass is 10.1. The molecule has 0 aromatic heterocycles. The van der Waals surface area contributed by atoms with E-state index in [9.17, 15) is 14.0 Å². The molecule has 2 aromatic carbocycles. The maximum absolute atomic E-state index is 13.0. The van der Waals surface area contributed by atoms with Gasteiger partial charge in [0.15, 0.2) is 0 Å². The molecule has 0 heterocycles. The average Bonchev–Trinajstić information content (AvgIpc) is 2.50. The molecule has 1 amide bonds. The maximum atomic E-state index is 13.0. The number of nitrogens with one attached hydrogen (secondary N) is 1. The van der Waals surface area contributed by atoms with Crippen molar-refractivity contribution in [3.05, 3.63) is 71.0 Å². The van der Waals surface area contributed by atoms with Crippen LogP contribution in [0.4, 0.5) is 4.39 Å². The quantitative estimate of drug-likeness (QED) is 0.864. The minimum atomic E-state index is -0.578. The molecule has 1 N–H and O–H groups in total. The zero-order valence-electron chi connectivity index (χ0n) is 12.1. The molecule has 0 atom stereocenters. The van der Waals surface area contributed by atoms with Crippen LogP contribution in [0.15, 0.2) is 48.5 Å². The molecule has 0 bridgehead atoms. The van der Waals surface area contributed by atoms with Crippen LogP contribution in [0.25, 0.3) is 0 Å². The lowest BCUT2D eigenvalue weighted by Crippen LogP contribution is -2.30. The number of hydrogen-bond acceptors (Lipinski definition) is 3. The molecule has 0 saturated carbocycles. The van der Waals surface area contributed by atoms with Crippen LogP contribution in [-0.2, 0) is 16.1 Å². The van der Waals surface area contributed by atoms with Crippen LogP contribution in [0.3, 0.4) is 0 Å². The molecule has 0 radical (unpaired) electrons. The molecule has 0 aliphatic rings. The second kappa shape index (κ2) is 7.36. The van der Waals surface area contributed by atoms with Gasteiger partial charge in [0.2, 0.25) is 0 Å². The van der Waals surface area contributed by atoms with Gasteiger partial charge in [0.1, 0.15) is 19.0 Å². The van der Waals surface area contributed by atoms with E-state index in [1.165, 1.54) is 18.2 Å². The minimum absolute atomic E-state index is 0.0308. The van der Waals surface area contributed by atoms with E-state index in [2.05, 4.69) is 5.32 Å². The van der Waals surface area contributed by atoms with Crippen molar-refractivity contribution in [2.75, 3.05) is 6.54 Å². The second-order valence-corrected chi connectivity index (χ2v) is 4.84. The number of benzene rings is 2. The van der Waals surface area contributed by atoms with Gasteiger partial charge < -0.3 is 10.1 Å². The second-order valence-electron chi connectivity index (χ2n) is 4.84. The Balaban J connectivity index is 1.79. The van der Waals surface area contributed by atoms with Gasteiger partial charge >= 0.3 is 5.97 Å². The van der Waals surface area contributed by atoms with E-state index in [0.29, 0.717) is 11.1 Å². The van der Waals surface area contributed by atoms with E-state index >= 15 is 0 Å². The van der Waals surface area contributed by atoms with Crippen LogP contribution >= 0.6 is 0 Å². The third-order valence-corrected chi connectivity index (χ3v) is 2.96. The summed E-state index contributed by atoms with van der Waals surface area (Å²) in [6.07, 6.45) is 0. The number of rotatable bonds is 5. The Hall–Kier alpha value is -2.69. The molecule has 0 fully saturated rings. The monoisotopic (exact) mass is 301 g/mol. The SMILES string of the molecule is Cc1cccc(C(=O)NCC(=O)OCc2cccc(F)c2)c1. The molecule has 2 rings (SSSR count). The van der Waals surface area contributed by atoms with E-state index in [4.69, 9.17) is 4.74 Å². The highest BCUT2D eigenvalue weighted by Crippen LogP contribution is 2.05. The van der Waals surface area contributed by atoms with Gasteiger partial charge in [-0.2, -0.15) is 0 Å². The normalized spacial score (nSPS) is 10.1. The predicted molar refractivity (Wildman–Crippen MR) is 79.7 cm³/mol. The molecule has 0 saturated heterocycles. The standard InChI is InChI=1S/C17H16FNO3/c1-12-4-2-6-14(8-12)17(21)19-10-16(20)22-11-13-5-3-7-15(18)9-13/h2-9H,10-11H2,1H3,(H,19,21). The van der Waals surface area contributed by atoms with Gasteiger partial charge in [-0.15, -0.1) is 0 Å². The Labute approximate surface area is 127 Å². The number of carbonyl (C=O) groups excluding carboxylic acids is 2. The third kappa shape index (κ3) is 4.70. The summed E-state index contributed by atoms with van der Waals surface area (Å²) in [5.41, 5.74) is 2.00. The number of hydrogen-bond donors (Lipinski definition) is 1.